The van der Waals surface area contributed by atoms with E-state index in [9.17, 15) is 0 Å². The summed E-state index contributed by atoms with van der Waals surface area (Å²) in [4.78, 5) is 2.45. The van der Waals surface area contributed by atoms with E-state index in [0.29, 0.717) is 0 Å². The van der Waals surface area contributed by atoms with Crippen LogP contribution >= 0.6 is 0 Å². The van der Waals surface area contributed by atoms with Crippen molar-refractivity contribution in [2.45, 2.75) is 25.8 Å². The summed E-state index contributed by atoms with van der Waals surface area (Å²) in [6.07, 6.45) is 0. The highest BCUT2D eigenvalue weighted by atomic mass is 28.3. The van der Waals surface area contributed by atoms with E-state index in [2.05, 4.69) is 135 Å². The second-order valence-corrected chi connectivity index (χ2v) is 13.7. The molecular weight excluding hydrogens is 378 g/mol. The Morgan fingerprint density at radius 1 is 0.533 bits per heavy atom. The van der Waals surface area contributed by atoms with Crippen LogP contribution in [0.3, 0.4) is 0 Å². The van der Waals surface area contributed by atoms with Crippen molar-refractivity contribution in [3.63, 3.8) is 0 Å². The van der Waals surface area contributed by atoms with Crippen molar-refractivity contribution in [2.75, 3.05) is 4.90 Å². The van der Waals surface area contributed by atoms with Gasteiger partial charge in [-0.3, -0.25) is 0 Å². The quantitative estimate of drug-likeness (QED) is 0.384. The average molecular weight is 406 g/mol. The maximum absolute atomic E-state index is 2.45. The van der Waals surface area contributed by atoms with Crippen molar-refractivity contribution in [3.8, 4) is 0 Å². The van der Waals surface area contributed by atoms with Crippen LogP contribution in [0.1, 0.15) is 20.8 Å². The van der Waals surface area contributed by atoms with Crippen LogP contribution in [0, 0.1) is 0 Å². The molecule has 0 saturated carbocycles. The van der Waals surface area contributed by atoms with Crippen molar-refractivity contribution in [3.05, 3.63) is 109 Å². The Labute approximate surface area is 180 Å². The summed E-state index contributed by atoms with van der Waals surface area (Å²) in [6, 6.07) is 40.1. The van der Waals surface area contributed by atoms with Crippen LogP contribution in [0.2, 0.25) is 5.04 Å². The molecule has 5 rings (SSSR count). The first-order chi connectivity index (χ1) is 14.5. The second-order valence-electron chi connectivity index (χ2n) is 9.07. The van der Waals surface area contributed by atoms with Gasteiger partial charge in [-0.05, 0) is 44.9 Å². The first-order valence-corrected chi connectivity index (χ1v) is 12.6. The van der Waals surface area contributed by atoms with E-state index in [1.807, 2.05) is 0 Å². The Balaban J connectivity index is 1.94. The van der Waals surface area contributed by atoms with E-state index in [-0.39, 0.29) is 5.04 Å². The van der Waals surface area contributed by atoms with Crippen molar-refractivity contribution < 1.29 is 0 Å². The number of fused-ring (bicyclic) bond motifs is 2. The molecule has 0 aliphatic carbocycles. The molecule has 1 nitrogen and oxygen atoms in total. The van der Waals surface area contributed by atoms with Gasteiger partial charge >= 0.3 is 0 Å². The average Bonchev–Trinajstić information content (AvgIpc) is 2.77. The highest BCUT2D eigenvalue weighted by molar-refractivity contribution is 7.15. The zero-order valence-electron chi connectivity index (χ0n) is 17.8. The van der Waals surface area contributed by atoms with Gasteiger partial charge in [0.15, 0.2) is 8.07 Å². The van der Waals surface area contributed by atoms with Crippen LogP contribution in [0.15, 0.2) is 109 Å². The fourth-order valence-corrected chi connectivity index (χ4v) is 11.3. The monoisotopic (exact) mass is 405 g/mol. The predicted molar refractivity (Wildman–Crippen MR) is 132 cm³/mol. The topological polar surface area (TPSA) is 3.24 Å². The molecule has 148 valence electrons. The van der Waals surface area contributed by atoms with E-state index in [4.69, 9.17) is 0 Å². The molecule has 0 bridgehead atoms. The Morgan fingerprint density at radius 2 is 0.967 bits per heavy atom. The Morgan fingerprint density at radius 3 is 1.47 bits per heavy atom. The third kappa shape index (κ3) is 2.60. The lowest BCUT2D eigenvalue weighted by Gasteiger charge is -2.51. The van der Waals surface area contributed by atoms with Gasteiger partial charge in [-0.25, -0.2) is 0 Å². The summed E-state index contributed by atoms with van der Waals surface area (Å²) in [5.74, 6) is 0. The fourth-order valence-electron chi connectivity index (χ4n) is 5.34. The molecule has 4 aromatic carbocycles. The lowest BCUT2D eigenvalue weighted by Crippen LogP contribution is -2.74. The molecule has 0 fully saturated rings. The second kappa shape index (κ2) is 7.00. The molecule has 0 radical (unpaired) electrons. The van der Waals surface area contributed by atoms with Gasteiger partial charge in [0.25, 0.3) is 0 Å². The van der Waals surface area contributed by atoms with Crippen LogP contribution in [-0.4, -0.2) is 8.07 Å². The van der Waals surface area contributed by atoms with Crippen molar-refractivity contribution in [2.24, 2.45) is 0 Å². The van der Waals surface area contributed by atoms with Gasteiger partial charge in [-0.1, -0.05) is 106 Å². The van der Waals surface area contributed by atoms with Crippen LogP contribution in [0.4, 0.5) is 17.1 Å². The van der Waals surface area contributed by atoms with Crippen molar-refractivity contribution in [1.82, 2.24) is 0 Å². The standard InChI is InChI=1S/C28H27NSi/c1-28(2,3)30(23-16-8-5-9-17-23)26-20-12-10-18-24(26)29(22-14-6-4-7-15-22)25-19-11-13-21-27(25)30/h4-21H,1-3H3. The molecule has 0 amide bonds. The van der Waals surface area contributed by atoms with Gasteiger partial charge < -0.3 is 4.90 Å². The maximum Gasteiger partial charge on any atom is 0.158 e. The zero-order chi connectivity index (χ0) is 20.8. The van der Waals surface area contributed by atoms with Crippen molar-refractivity contribution >= 4 is 40.7 Å². The van der Waals surface area contributed by atoms with E-state index in [0.717, 1.165) is 0 Å². The molecule has 0 spiro atoms. The number of hydrogen-bond donors (Lipinski definition) is 0. The molecule has 0 N–H and O–H groups in total. The molecule has 0 unspecified atom stereocenters. The van der Waals surface area contributed by atoms with Crippen LogP contribution in [0.5, 0.6) is 0 Å². The summed E-state index contributed by atoms with van der Waals surface area (Å²) in [5.41, 5.74) is 3.84. The molecule has 2 heteroatoms. The normalized spacial score (nSPS) is 14.7. The van der Waals surface area contributed by atoms with E-state index in [1.54, 1.807) is 0 Å². The third-order valence-corrected chi connectivity index (χ3v) is 12.4. The summed E-state index contributed by atoms with van der Waals surface area (Å²) >= 11 is 0. The molecule has 1 heterocycles. The van der Waals surface area contributed by atoms with Gasteiger partial charge in [0.1, 0.15) is 0 Å². The van der Waals surface area contributed by atoms with Gasteiger partial charge in [-0.15, -0.1) is 0 Å². The third-order valence-electron chi connectivity index (χ3n) is 6.44. The summed E-state index contributed by atoms with van der Waals surface area (Å²) < 4.78 is 0. The van der Waals surface area contributed by atoms with Crippen LogP contribution in [-0.2, 0) is 0 Å². The predicted octanol–water partition coefficient (Wildman–Crippen LogP) is 5.74. The summed E-state index contributed by atoms with van der Waals surface area (Å²) in [7, 11) is -2.32. The molecular formula is C28H27NSi. The van der Waals surface area contributed by atoms with Gasteiger partial charge in [0, 0.05) is 17.1 Å². The Hall–Kier alpha value is -3.10. The molecule has 0 atom stereocenters. The molecule has 30 heavy (non-hydrogen) atoms. The molecule has 0 saturated heterocycles. The van der Waals surface area contributed by atoms with E-state index in [1.165, 1.54) is 32.6 Å². The zero-order valence-corrected chi connectivity index (χ0v) is 18.8. The van der Waals surface area contributed by atoms with Gasteiger partial charge in [-0.2, -0.15) is 0 Å². The lowest BCUT2D eigenvalue weighted by molar-refractivity contribution is 0.739. The number of rotatable bonds is 2. The minimum Gasteiger partial charge on any atom is -0.311 e. The SMILES string of the molecule is CC(C)(C)[Si]1(c2ccccc2)c2ccccc2N(c2ccccc2)c2ccccc21. The first kappa shape index (κ1) is 18.9. The van der Waals surface area contributed by atoms with E-state index >= 15 is 0 Å². The minimum absolute atomic E-state index is 0.101. The first-order valence-electron chi connectivity index (χ1n) is 10.6. The molecule has 1 aliphatic heterocycles. The number of para-hydroxylation sites is 3. The highest BCUT2D eigenvalue weighted by Gasteiger charge is 2.54. The van der Waals surface area contributed by atoms with Crippen LogP contribution < -0.4 is 20.5 Å². The Kier molecular flexibility index (Phi) is 4.41. The summed E-state index contributed by atoms with van der Waals surface area (Å²) in [5, 5.41) is 4.56. The number of benzene rings is 4. The summed E-state index contributed by atoms with van der Waals surface area (Å²) in [6.45, 7) is 7.29. The lowest BCUT2D eigenvalue weighted by atomic mass is 10.1. The van der Waals surface area contributed by atoms with Gasteiger partial charge in [0.05, 0.1) is 0 Å². The molecule has 0 aromatic heterocycles. The van der Waals surface area contributed by atoms with Gasteiger partial charge in [0.2, 0.25) is 0 Å². The Bertz CT molecular complexity index is 1130. The fraction of sp³-hybridized carbons (Fsp3) is 0.143. The van der Waals surface area contributed by atoms with Crippen LogP contribution in [0.25, 0.3) is 0 Å². The number of nitrogens with zero attached hydrogens (tertiary/aromatic N) is 1. The highest BCUT2D eigenvalue weighted by Crippen LogP contribution is 2.45. The smallest absolute Gasteiger partial charge is 0.158 e. The van der Waals surface area contributed by atoms with E-state index < -0.39 is 8.07 Å². The minimum atomic E-state index is -2.32. The molecule has 1 aliphatic rings. The maximum atomic E-state index is 2.45. The number of hydrogen-bond acceptors (Lipinski definition) is 1. The molecule has 4 aromatic rings. The largest absolute Gasteiger partial charge is 0.311 e. The number of anilines is 3. The van der Waals surface area contributed by atoms with Crippen molar-refractivity contribution in [1.29, 1.82) is 0 Å².